The second-order valence-corrected chi connectivity index (χ2v) is 5.52. The molecular weight excluding hydrogens is 316 g/mol. The highest BCUT2D eigenvalue weighted by Gasteiger charge is 2.03. The molecule has 1 amide bonds. The Labute approximate surface area is 145 Å². The number of nitrogens with one attached hydrogen (secondary N) is 2. The van der Waals surface area contributed by atoms with Crippen molar-refractivity contribution in [2.24, 2.45) is 0 Å². The first kappa shape index (κ1) is 16.4. The molecule has 0 saturated carbocycles. The number of carbonyl (C=O) groups excluding carboxylic acids is 1. The van der Waals surface area contributed by atoms with E-state index in [4.69, 9.17) is 4.42 Å². The molecule has 1 aromatic carbocycles. The third kappa shape index (κ3) is 4.78. The van der Waals surface area contributed by atoms with Crippen LogP contribution in [0.1, 0.15) is 17.1 Å². The Bertz CT molecular complexity index is 881. The maximum Gasteiger partial charge on any atom is 0.248 e. The van der Waals surface area contributed by atoms with E-state index in [9.17, 15) is 4.79 Å². The van der Waals surface area contributed by atoms with Crippen LogP contribution in [-0.4, -0.2) is 15.9 Å². The average Bonchev–Trinajstić information content (AvgIpc) is 3.06. The number of carbonyl (C=O) groups is 1. The molecule has 0 radical (unpaired) electrons. The summed E-state index contributed by atoms with van der Waals surface area (Å²) in [5.41, 5.74) is 3.24. The summed E-state index contributed by atoms with van der Waals surface area (Å²) in [4.78, 5) is 20.7. The van der Waals surface area contributed by atoms with E-state index in [1.54, 1.807) is 24.5 Å². The third-order valence-electron chi connectivity index (χ3n) is 3.31. The Kier molecular flexibility index (Phi) is 4.89. The van der Waals surface area contributed by atoms with Crippen molar-refractivity contribution in [2.75, 3.05) is 10.6 Å². The van der Waals surface area contributed by atoms with Crippen LogP contribution in [0.3, 0.4) is 0 Å². The van der Waals surface area contributed by atoms with Crippen LogP contribution in [0.25, 0.3) is 6.08 Å². The molecule has 126 valence electrons. The number of hydrogen-bond acceptors (Lipinski definition) is 5. The third-order valence-corrected chi connectivity index (χ3v) is 3.31. The lowest BCUT2D eigenvalue weighted by Crippen LogP contribution is -2.08. The number of benzene rings is 1. The Morgan fingerprint density at radius 1 is 1.04 bits per heavy atom. The summed E-state index contributed by atoms with van der Waals surface area (Å²) >= 11 is 0. The summed E-state index contributed by atoms with van der Waals surface area (Å²) in [6.45, 7) is 3.84. The molecule has 0 unspecified atom stereocenters. The summed E-state index contributed by atoms with van der Waals surface area (Å²) in [7, 11) is 0. The van der Waals surface area contributed by atoms with Gasteiger partial charge in [-0.15, -0.1) is 0 Å². The summed E-state index contributed by atoms with van der Waals surface area (Å²) in [5.74, 6) is 0.910. The quantitative estimate of drug-likeness (QED) is 0.687. The van der Waals surface area contributed by atoms with Crippen molar-refractivity contribution >= 4 is 29.3 Å². The van der Waals surface area contributed by atoms with Crippen molar-refractivity contribution < 1.29 is 9.21 Å². The van der Waals surface area contributed by atoms with Gasteiger partial charge in [-0.25, -0.2) is 9.97 Å². The minimum absolute atomic E-state index is 0.240. The van der Waals surface area contributed by atoms with Crippen molar-refractivity contribution in [3.63, 3.8) is 0 Å². The molecule has 0 aliphatic heterocycles. The minimum Gasteiger partial charge on any atom is -0.465 e. The Balaban J connectivity index is 1.67. The minimum atomic E-state index is -0.240. The Hall–Kier alpha value is -3.41. The molecule has 0 spiro atoms. The molecule has 3 aromatic rings. The molecule has 0 saturated heterocycles. The predicted octanol–water partition coefficient (Wildman–Crippen LogP) is 4.08. The van der Waals surface area contributed by atoms with Crippen molar-refractivity contribution in [2.45, 2.75) is 13.8 Å². The normalized spacial score (nSPS) is 10.8. The molecule has 3 rings (SSSR count). The zero-order valence-electron chi connectivity index (χ0n) is 14.0. The molecule has 0 atom stereocenters. The SMILES string of the molecule is Cc1cc(C)nc(Nc2cccc(NC(=O)/C=C/c3ccco3)c2)n1. The molecule has 0 bridgehead atoms. The zero-order chi connectivity index (χ0) is 17.6. The molecule has 6 heteroatoms. The number of anilines is 3. The van der Waals surface area contributed by atoms with Crippen molar-refractivity contribution in [1.29, 1.82) is 0 Å². The Morgan fingerprint density at radius 3 is 2.52 bits per heavy atom. The molecule has 0 aliphatic rings. The number of rotatable bonds is 5. The van der Waals surface area contributed by atoms with Gasteiger partial charge in [0.05, 0.1) is 6.26 Å². The molecule has 2 N–H and O–H groups in total. The number of furan rings is 1. The first-order chi connectivity index (χ1) is 12.1. The van der Waals surface area contributed by atoms with Gasteiger partial charge in [0.1, 0.15) is 5.76 Å². The van der Waals surface area contributed by atoms with Crippen LogP contribution in [0.4, 0.5) is 17.3 Å². The highest BCUT2D eigenvalue weighted by molar-refractivity contribution is 6.02. The standard InChI is InChI=1S/C19H18N4O2/c1-13-11-14(2)21-19(20-13)23-16-6-3-5-15(12-16)22-18(24)9-8-17-7-4-10-25-17/h3-12H,1-2H3,(H,22,24)(H,20,21,23)/b9-8+. The van der Waals surface area contributed by atoms with E-state index in [1.165, 1.54) is 6.08 Å². The van der Waals surface area contributed by atoms with E-state index >= 15 is 0 Å². The summed E-state index contributed by atoms with van der Waals surface area (Å²) in [6, 6.07) is 12.8. The molecule has 25 heavy (non-hydrogen) atoms. The van der Waals surface area contributed by atoms with Gasteiger partial charge in [0.25, 0.3) is 0 Å². The van der Waals surface area contributed by atoms with Gasteiger partial charge in [0, 0.05) is 28.8 Å². The lowest BCUT2D eigenvalue weighted by Gasteiger charge is -2.08. The predicted molar refractivity (Wildman–Crippen MR) is 97.6 cm³/mol. The van der Waals surface area contributed by atoms with Gasteiger partial charge in [-0.05, 0) is 56.3 Å². The first-order valence-electron chi connectivity index (χ1n) is 7.80. The van der Waals surface area contributed by atoms with E-state index in [-0.39, 0.29) is 5.91 Å². The molecule has 0 aliphatic carbocycles. The number of aryl methyl sites for hydroxylation is 2. The second-order valence-electron chi connectivity index (χ2n) is 5.52. The van der Waals surface area contributed by atoms with Crippen LogP contribution in [0.2, 0.25) is 0 Å². The fraction of sp³-hybridized carbons (Fsp3) is 0.105. The lowest BCUT2D eigenvalue weighted by atomic mass is 10.2. The van der Waals surface area contributed by atoms with Crippen LogP contribution in [-0.2, 0) is 4.79 Å². The largest absolute Gasteiger partial charge is 0.465 e. The van der Waals surface area contributed by atoms with Crippen molar-refractivity contribution in [3.05, 3.63) is 72.0 Å². The maximum atomic E-state index is 12.0. The second kappa shape index (κ2) is 7.44. The molecule has 0 fully saturated rings. The fourth-order valence-corrected chi connectivity index (χ4v) is 2.31. The molecule has 2 heterocycles. The van der Waals surface area contributed by atoms with Gasteiger partial charge in [-0.1, -0.05) is 6.07 Å². The van der Waals surface area contributed by atoms with Crippen LogP contribution >= 0.6 is 0 Å². The van der Waals surface area contributed by atoms with Crippen LogP contribution in [0, 0.1) is 13.8 Å². The topological polar surface area (TPSA) is 80.0 Å². The number of aromatic nitrogens is 2. The molecule has 2 aromatic heterocycles. The summed E-state index contributed by atoms with van der Waals surface area (Å²) in [5, 5.41) is 5.95. The number of amides is 1. The van der Waals surface area contributed by atoms with Gasteiger partial charge < -0.3 is 15.1 Å². The molecule has 6 nitrogen and oxygen atoms in total. The van der Waals surface area contributed by atoms with Crippen LogP contribution in [0.15, 0.2) is 59.2 Å². The smallest absolute Gasteiger partial charge is 0.248 e. The monoisotopic (exact) mass is 334 g/mol. The highest BCUT2D eigenvalue weighted by atomic mass is 16.3. The fourth-order valence-electron chi connectivity index (χ4n) is 2.31. The van der Waals surface area contributed by atoms with E-state index in [0.29, 0.717) is 17.4 Å². The van der Waals surface area contributed by atoms with Crippen LogP contribution < -0.4 is 10.6 Å². The summed E-state index contributed by atoms with van der Waals surface area (Å²) in [6.07, 6.45) is 4.59. The van der Waals surface area contributed by atoms with Crippen LogP contribution in [0.5, 0.6) is 0 Å². The zero-order valence-corrected chi connectivity index (χ0v) is 14.0. The highest BCUT2D eigenvalue weighted by Crippen LogP contribution is 2.18. The van der Waals surface area contributed by atoms with E-state index in [0.717, 1.165) is 17.1 Å². The van der Waals surface area contributed by atoms with Crippen molar-refractivity contribution in [1.82, 2.24) is 9.97 Å². The van der Waals surface area contributed by atoms with Gasteiger partial charge in [-0.2, -0.15) is 0 Å². The maximum absolute atomic E-state index is 12.0. The average molecular weight is 334 g/mol. The lowest BCUT2D eigenvalue weighted by molar-refractivity contribution is -0.111. The van der Waals surface area contributed by atoms with E-state index in [1.807, 2.05) is 44.2 Å². The first-order valence-corrected chi connectivity index (χ1v) is 7.80. The van der Waals surface area contributed by atoms with Gasteiger partial charge >= 0.3 is 0 Å². The Morgan fingerprint density at radius 2 is 1.80 bits per heavy atom. The number of hydrogen-bond donors (Lipinski definition) is 2. The number of nitrogens with zero attached hydrogens (tertiary/aromatic N) is 2. The van der Waals surface area contributed by atoms with Gasteiger partial charge in [-0.3, -0.25) is 4.79 Å². The van der Waals surface area contributed by atoms with Crippen molar-refractivity contribution in [3.8, 4) is 0 Å². The van der Waals surface area contributed by atoms with Gasteiger partial charge in [0.15, 0.2) is 0 Å². The summed E-state index contributed by atoms with van der Waals surface area (Å²) < 4.78 is 5.15. The van der Waals surface area contributed by atoms with E-state index < -0.39 is 0 Å². The van der Waals surface area contributed by atoms with Gasteiger partial charge in [0.2, 0.25) is 11.9 Å². The molecular formula is C19H18N4O2. The van der Waals surface area contributed by atoms with E-state index in [2.05, 4.69) is 20.6 Å².